The first-order valence-corrected chi connectivity index (χ1v) is 9.57. The van der Waals surface area contributed by atoms with E-state index in [0.717, 1.165) is 25.3 Å². The average Bonchev–Trinajstić information content (AvgIpc) is 2.78. The van der Waals surface area contributed by atoms with E-state index in [1.54, 1.807) is 10.8 Å². The second-order valence-electron chi connectivity index (χ2n) is 4.88. The van der Waals surface area contributed by atoms with Gasteiger partial charge in [-0.05, 0) is 26.4 Å². The number of nitrogens with zero attached hydrogens (tertiary/aromatic N) is 1. The Labute approximate surface area is 124 Å². The van der Waals surface area contributed by atoms with E-state index >= 15 is 0 Å². The average molecular weight is 306 g/mol. The smallest absolute Gasteiger partial charge is 0.407 e. The van der Waals surface area contributed by atoms with Gasteiger partial charge in [-0.2, -0.15) is 0 Å². The Kier molecular flexibility index (Phi) is 9.55. The minimum Gasteiger partial charge on any atom is -0.449 e. The fourth-order valence-electron chi connectivity index (χ4n) is 1.96. The highest BCUT2D eigenvalue weighted by molar-refractivity contribution is 8.76. The minimum absolute atomic E-state index is 0.258. The lowest BCUT2D eigenvalue weighted by molar-refractivity contribution is 0.149. The lowest BCUT2D eigenvalue weighted by Gasteiger charge is -2.12. The van der Waals surface area contributed by atoms with E-state index in [4.69, 9.17) is 4.74 Å². The molecule has 0 aromatic rings. The molecule has 1 rings (SSSR count). The van der Waals surface area contributed by atoms with Gasteiger partial charge in [0.05, 0.1) is 0 Å². The van der Waals surface area contributed by atoms with Crippen LogP contribution in [0.25, 0.3) is 0 Å². The zero-order chi connectivity index (χ0) is 13.9. The van der Waals surface area contributed by atoms with Crippen LogP contribution in [0.3, 0.4) is 0 Å². The topological polar surface area (TPSA) is 41.6 Å². The van der Waals surface area contributed by atoms with Gasteiger partial charge in [0.15, 0.2) is 0 Å². The van der Waals surface area contributed by atoms with Gasteiger partial charge in [-0.25, -0.2) is 4.79 Å². The summed E-state index contributed by atoms with van der Waals surface area (Å²) in [6.07, 6.45) is 4.61. The first kappa shape index (κ1) is 17.0. The highest BCUT2D eigenvalue weighted by Crippen LogP contribution is 2.22. The number of rotatable bonds is 9. The van der Waals surface area contributed by atoms with E-state index in [0.29, 0.717) is 6.61 Å². The molecule has 1 amide bonds. The quantitative estimate of drug-likeness (QED) is 0.524. The van der Waals surface area contributed by atoms with Crippen molar-refractivity contribution in [1.82, 2.24) is 10.2 Å². The Hall–Kier alpha value is -0.0700. The molecule has 1 aliphatic rings. The van der Waals surface area contributed by atoms with E-state index in [2.05, 4.69) is 24.2 Å². The van der Waals surface area contributed by atoms with Crippen LogP contribution in [0.4, 0.5) is 4.79 Å². The molecular weight excluding hydrogens is 280 g/mol. The van der Waals surface area contributed by atoms with Crippen LogP contribution in [0.15, 0.2) is 0 Å². The Bertz CT molecular complexity index is 255. The van der Waals surface area contributed by atoms with Gasteiger partial charge in [-0.15, -0.1) is 0 Å². The van der Waals surface area contributed by atoms with Gasteiger partial charge in [0.25, 0.3) is 0 Å². The maximum atomic E-state index is 11.5. The summed E-state index contributed by atoms with van der Waals surface area (Å²) < 4.78 is 5.16. The molecule has 0 saturated carbocycles. The van der Waals surface area contributed by atoms with Gasteiger partial charge in [0, 0.05) is 24.1 Å². The fourth-order valence-corrected chi connectivity index (χ4v) is 3.93. The maximum absolute atomic E-state index is 11.5. The Balaban J connectivity index is 1.87. The van der Waals surface area contributed by atoms with Crippen molar-refractivity contribution in [2.45, 2.75) is 38.6 Å². The van der Waals surface area contributed by atoms with Crippen LogP contribution in [-0.2, 0) is 4.74 Å². The van der Waals surface area contributed by atoms with Crippen molar-refractivity contribution in [2.75, 3.05) is 38.2 Å². The van der Waals surface area contributed by atoms with Gasteiger partial charge in [0.1, 0.15) is 6.61 Å². The molecular formula is C13H26N2O2S2. The molecule has 1 N–H and O–H groups in total. The lowest BCUT2D eigenvalue weighted by Crippen LogP contribution is -2.37. The van der Waals surface area contributed by atoms with E-state index in [1.807, 2.05) is 10.8 Å². The number of likely N-dealkylation sites (N-methyl/N-ethyl adjacent to an activating group) is 1. The largest absolute Gasteiger partial charge is 0.449 e. The zero-order valence-electron chi connectivity index (χ0n) is 12.0. The van der Waals surface area contributed by atoms with Gasteiger partial charge in [-0.1, -0.05) is 41.4 Å². The highest BCUT2D eigenvalue weighted by atomic mass is 33.1. The number of alkyl carbamates (subject to hydrolysis) is 1. The van der Waals surface area contributed by atoms with Gasteiger partial charge in [-0.3, -0.25) is 0 Å². The summed E-state index contributed by atoms with van der Waals surface area (Å²) in [5, 5.41) is 2.91. The number of ether oxygens (including phenoxy) is 1. The number of likely N-dealkylation sites (tertiary alicyclic amines) is 1. The van der Waals surface area contributed by atoms with Gasteiger partial charge < -0.3 is 15.0 Å². The van der Waals surface area contributed by atoms with Crippen molar-refractivity contribution in [1.29, 1.82) is 0 Å². The number of hydrogen-bond acceptors (Lipinski definition) is 5. The highest BCUT2D eigenvalue weighted by Gasteiger charge is 2.21. The molecule has 6 heteroatoms. The van der Waals surface area contributed by atoms with Crippen LogP contribution in [0, 0.1) is 0 Å². The van der Waals surface area contributed by atoms with Crippen LogP contribution in [0.2, 0.25) is 0 Å². The Morgan fingerprint density at radius 3 is 2.84 bits per heavy atom. The Morgan fingerprint density at radius 1 is 1.37 bits per heavy atom. The lowest BCUT2D eigenvalue weighted by atomic mass is 10.3. The summed E-state index contributed by atoms with van der Waals surface area (Å²) in [7, 11) is 5.74. The standard InChI is InChI=1S/C13H26N2O2S2/c1-3-4-5-9-18-19-10-8-17-13(16)14-12-6-7-15(2)11-12/h12H,3-11H2,1-2H3,(H,14,16). The molecule has 19 heavy (non-hydrogen) atoms. The molecule has 1 heterocycles. The minimum atomic E-state index is -0.267. The van der Waals surface area contributed by atoms with Crippen molar-refractivity contribution in [3.63, 3.8) is 0 Å². The Morgan fingerprint density at radius 2 is 2.16 bits per heavy atom. The summed E-state index contributed by atoms with van der Waals surface area (Å²) in [5.41, 5.74) is 0. The summed E-state index contributed by atoms with van der Waals surface area (Å²) >= 11 is 0. The molecule has 1 fully saturated rings. The van der Waals surface area contributed by atoms with E-state index in [1.165, 1.54) is 25.0 Å². The SMILES string of the molecule is CCCCCSSCCOC(=O)NC1CCN(C)C1. The van der Waals surface area contributed by atoms with Crippen molar-refractivity contribution in [3.8, 4) is 0 Å². The number of nitrogens with one attached hydrogen (secondary N) is 1. The van der Waals surface area contributed by atoms with E-state index < -0.39 is 0 Å². The summed E-state index contributed by atoms with van der Waals surface area (Å²) in [6, 6.07) is 0.258. The summed E-state index contributed by atoms with van der Waals surface area (Å²) in [5.74, 6) is 2.06. The van der Waals surface area contributed by atoms with Gasteiger partial charge >= 0.3 is 6.09 Å². The van der Waals surface area contributed by atoms with E-state index in [9.17, 15) is 4.79 Å². The molecule has 0 aromatic heterocycles. The predicted molar refractivity (Wildman–Crippen MR) is 84.8 cm³/mol. The first-order chi connectivity index (χ1) is 9.22. The molecule has 0 bridgehead atoms. The second-order valence-corrected chi connectivity index (χ2v) is 7.58. The predicted octanol–water partition coefficient (Wildman–Crippen LogP) is 2.99. The molecule has 1 unspecified atom stereocenters. The monoisotopic (exact) mass is 306 g/mol. The molecule has 0 aromatic carbocycles. The van der Waals surface area contributed by atoms with Crippen LogP contribution in [0.1, 0.15) is 32.6 Å². The molecule has 1 atom stereocenters. The number of carbonyl (C=O) groups is 1. The molecule has 0 aliphatic carbocycles. The molecule has 1 saturated heterocycles. The molecule has 4 nitrogen and oxygen atoms in total. The van der Waals surface area contributed by atoms with Crippen LogP contribution in [0.5, 0.6) is 0 Å². The van der Waals surface area contributed by atoms with Crippen molar-refractivity contribution in [3.05, 3.63) is 0 Å². The van der Waals surface area contributed by atoms with Crippen LogP contribution < -0.4 is 5.32 Å². The molecule has 112 valence electrons. The van der Waals surface area contributed by atoms with Crippen molar-refractivity contribution in [2.24, 2.45) is 0 Å². The molecule has 0 spiro atoms. The third-order valence-electron chi connectivity index (χ3n) is 3.03. The fraction of sp³-hybridized carbons (Fsp3) is 0.923. The van der Waals surface area contributed by atoms with Crippen LogP contribution >= 0.6 is 21.6 Å². The number of amides is 1. The maximum Gasteiger partial charge on any atom is 0.407 e. The van der Waals surface area contributed by atoms with E-state index in [-0.39, 0.29) is 12.1 Å². The summed E-state index contributed by atoms with van der Waals surface area (Å²) in [4.78, 5) is 13.7. The van der Waals surface area contributed by atoms with Crippen molar-refractivity contribution < 1.29 is 9.53 Å². The second kappa shape index (κ2) is 10.7. The molecule has 1 aliphatic heterocycles. The number of carbonyl (C=O) groups excluding carboxylic acids is 1. The summed E-state index contributed by atoms with van der Waals surface area (Å²) in [6.45, 7) is 4.69. The normalized spacial score (nSPS) is 19.6. The third-order valence-corrected chi connectivity index (χ3v) is 5.48. The molecule has 0 radical (unpaired) electrons. The zero-order valence-corrected chi connectivity index (χ0v) is 13.7. The number of unbranched alkanes of at least 4 members (excludes halogenated alkanes) is 2. The first-order valence-electron chi connectivity index (χ1n) is 7.08. The van der Waals surface area contributed by atoms with Gasteiger partial charge in [0.2, 0.25) is 0 Å². The number of hydrogen-bond donors (Lipinski definition) is 1. The van der Waals surface area contributed by atoms with Crippen LogP contribution in [-0.4, -0.2) is 55.3 Å². The van der Waals surface area contributed by atoms with Crippen molar-refractivity contribution >= 4 is 27.7 Å². The third kappa shape index (κ3) is 8.65.